The highest BCUT2D eigenvalue weighted by atomic mass is 16.4. The quantitative estimate of drug-likeness (QED) is 0.223. The van der Waals surface area contributed by atoms with Gasteiger partial charge in [0.2, 0.25) is 0 Å². The molecule has 0 saturated carbocycles. The van der Waals surface area contributed by atoms with Gasteiger partial charge in [0.25, 0.3) is 0 Å². The van der Waals surface area contributed by atoms with E-state index in [2.05, 4.69) is 125 Å². The summed E-state index contributed by atoms with van der Waals surface area (Å²) in [6.07, 6.45) is 0. The number of hydrogen-bond donors (Lipinski definition) is 0. The van der Waals surface area contributed by atoms with Crippen LogP contribution in [0.2, 0.25) is 0 Å². The van der Waals surface area contributed by atoms with Crippen molar-refractivity contribution in [2.75, 3.05) is 4.90 Å². The number of fused-ring (bicyclic) bond motifs is 8. The van der Waals surface area contributed by atoms with E-state index in [1.165, 1.54) is 21.8 Å². The van der Waals surface area contributed by atoms with Crippen LogP contribution in [0, 0.1) is 0 Å². The monoisotopic (exact) mass is 540 g/mol. The number of anilines is 3. The fourth-order valence-corrected chi connectivity index (χ4v) is 6.31. The lowest BCUT2D eigenvalue weighted by Crippen LogP contribution is -2.09. The molecular weight excluding hydrogens is 516 g/mol. The van der Waals surface area contributed by atoms with Crippen LogP contribution >= 0.6 is 0 Å². The minimum absolute atomic E-state index is 0.791. The predicted molar refractivity (Wildman–Crippen MR) is 173 cm³/mol. The molecule has 0 aliphatic carbocycles. The largest absolute Gasteiger partial charge is 0.452 e. The normalized spacial score (nSPS) is 11.8. The van der Waals surface area contributed by atoms with Crippen LogP contribution in [-0.4, -0.2) is 4.57 Å². The molecule has 198 valence electrons. The molecule has 9 rings (SSSR count). The molecule has 4 nitrogen and oxygen atoms in total. The van der Waals surface area contributed by atoms with Gasteiger partial charge in [0.15, 0.2) is 11.2 Å². The molecular formula is C38H24N2O2. The second-order valence-electron chi connectivity index (χ2n) is 10.6. The molecule has 0 amide bonds. The molecule has 0 spiro atoms. The lowest BCUT2D eigenvalue weighted by Gasteiger charge is -2.25. The molecule has 9 aromatic rings. The highest BCUT2D eigenvalue weighted by Gasteiger charge is 2.20. The van der Waals surface area contributed by atoms with Gasteiger partial charge in [-0.1, -0.05) is 66.7 Å². The number of aromatic nitrogens is 1. The summed E-state index contributed by atoms with van der Waals surface area (Å²) in [4.78, 5) is 2.29. The topological polar surface area (TPSA) is 34.5 Å². The van der Waals surface area contributed by atoms with Crippen LogP contribution in [-0.2, 0) is 0 Å². The average molecular weight is 541 g/mol. The molecule has 0 aliphatic rings. The Hall–Kier alpha value is -5.74. The third kappa shape index (κ3) is 3.36. The minimum Gasteiger partial charge on any atom is -0.452 e. The van der Waals surface area contributed by atoms with Gasteiger partial charge in [0.1, 0.15) is 11.2 Å². The van der Waals surface area contributed by atoms with Crippen LogP contribution in [0.1, 0.15) is 0 Å². The fraction of sp³-hybridized carbons (Fsp3) is 0. The first-order valence-corrected chi connectivity index (χ1v) is 14.1. The second kappa shape index (κ2) is 8.88. The maximum absolute atomic E-state index is 6.42. The van der Waals surface area contributed by atoms with E-state index in [1.54, 1.807) is 0 Å². The van der Waals surface area contributed by atoms with Gasteiger partial charge in [-0.05, 0) is 72.8 Å². The van der Waals surface area contributed by atoms with E-state index >= 15 is 0 Å². The Kier molecular flexibility index (Phi) is 4.87. The van der Waals surface area contributed by atoms with Crippen molar-refractivity contribution in [1.82, 2.24) is 4.57 Å². The summed E-state index contributed by atoms with van der Waals surface area (Å²) in [5.74, 6) is 0. The number of benzene rings is 6. The summed E-state index contributed by atoms with van der Waals surface area (Å²) in [5, 5.41) is 4.39. The van der Waals surface area contributed by atoms with Crippen molar-refractivity contribution < 1.29 is 8.83 Å². The van der Waals surface area contributed by atoms with Crippen molar-refractivity contribution in [2.45, 2.75) is 0 Å². The molecule has 42 heavy (non-hydrogen) atoms. The second-order valence-corrected chi connectivity index (χ2v) is 10.6. The predicted octanol–water partition coefficient (Wildman–Crippen LogP) is 10.9. The Morgan fingerprint density at radius 2 is 1.00 bits per heavy atom. The van der Waals surface area contributed by atoms with Crippen LogP contribution in [0.15, 0.2) is 154 Å². The Bertz CT molecular complexity index is 2410. The van der Waals surface area contributed by atoms with Gasteiger partial charge in [0.05, 0.1) is 21.8 Å². The van der Waals surface area contributed by atoms with E-state index in [0.717, 1.165) is 55.9 Å². The maximum Gasteiger partial charge on any atom is 0.181 e. The molecule has 0 radical (unpaired) electrons. The molecule has 0 N–H and O–H groups in total. The Morgan fingerprint density at radius 1 is 0.405 bits per heavy atom. The first-order valence-electron chi connectivity index (χ1n) is 14.1. The standard InChI is InChI=1S/C38H24N2O2/c1-3-11-25(12-4-1)39(28-19-21-31-36(24-28)42-37-30-16-8-10-18-35(30)41-38(31)37)27-20-22-34-32(23-27)29-15-7-9-17-33(29)40(34)26-13-5-2-6-14-26/h1-24H. The summed E-state index contributed by atoms with van der Waals surface area (Å²) in [7, 11) is 0. The highest BCUT2D eigenvalue weighted by molar-refractivity contribution is 6.13. The van der Waals surface area contributed by atoms with E-state index in [1.807, 2.05) is 30.3 Å². The van der Waals surface area contributed by atoms with E-state index in [-0.39, 0.29) is 0 Å². The van der Waals surface area contributed by atoms with Crippen molar-refractivity contribution in [1.29, 1.82) is 0 Å². The van der Waals surface area contributed by atoms with Gasteiger partial charge in [-0.3, -0.25) is 0 Å². The Morgan fingerprint density at radius 3 is 1.83 bits per heavy atom. The third-order valence-electron chi connectivity index (χ3n) is 8.17. The molecule has 3 aromatic heterocycles. The summed E-state index contributed by atoms with van der Waals surface area (Å²) >= 11 is 0. The fourth-order valence-electron chi connectivity index (χ4n) is 6.31. The van der Waals surface area contributed by atoms with Crippen LogP contribution in [0.4, 0.5) is 17.1 Å². The van der Waals surface area contributed by atoms with Crippen molar-refractivity contribution >= 4 is 72.0 Å². The molecule has 0 unspecified atom stereocenters. The lowest BCUT2D eigenvalue weighted by atomic mass is 10.1. The zero-order valence-corrected chi connectivity index (χ0v) is 22.6. The van der Waals surface area contributed by atoms with E-state index < -0.39 is 0 Å². The van der Waals surface area contributed by atoms with Gasteiger partial charge in [0, 0.05) is 39.6 Å². The number of furan rings is 2. The summed E-state index contributed by atoms with van der Waals surface area (Å²) < 4.78 is 15.0. The lowest BCUT2D eigenvalue weighted by molar-refractivity contribution is 0.653. The zero-order chi connectivity index (χ0) is 27.6. The minimum atomic E-state index is 0.791. The van der Waals surface area contributed by atoms with E-state index in [9.17, 15) is 0 Å². The number of rotatable bonds is 4. The summed E-state index contributed by atoms with van der Waals surface area (Å²) in [6.45, 7) is 0. The van der Waals surface area contributed by atoms with Crippen molar-refractivity contribution in [2.24, 2.45) is 0 Å². The molecule has 4 heteroatoms. The van der Waals surface area contributed by atoms with Gasteiger partial charge >= 0.3 is 0 Å². The highest BCUT2D eigenvalue weighted by Crippen LogP contribution is 2.42. The summed E-state index contributed by atoms with van der Waals surface area (Å²) in [5.41, 5.74) is 9.89. The maximum atomic E-state index is 6.42. The molecule has 0 atom stereocenters. The van der Waals surface area contributed by atoms with Gasteiger partial charge < -0.3 is 18.3 Å². The third-order valence-corrected chi connectivity index (χ3v) is 8.17. The van der Waals surface area contributed by atoms with Crippen molar-refractivity contribution in [3.8, 4) is 5.69 Å². The van der Waals surface area contributed by atoms with E-state index in [0.29, 0.717) is 0 Å². The van der Waals surface area contributed by atoms with Gasteiger partial charge in [-0.15, -0.1) is 0 Å². The average Bonchev–Trinajstić information content (AvgIpc) is 3.70. The SMILES string of the molecule is c1ccc(N(c2ccc3c(c2)oc2c4ccccc4oc32)c2ccc3c(c2)c2ccccc2n3-c2ccccc2)cc1. The molecule has 0 bridgehead atoms. The van der Waals surface area contributed by atoms with Crippen molar-refractivity contribution in [3.05, 3.63) is 146 Å². The summed E-state index contributed by atoms with van der Waals surface area (Å²) in [6, 6.07) is 50.8. The Balaban J connectivity index is 1.26. The molecule has 0 aliphatic heterocycles. The van der Waals surface area contributed by atoms with Crippen LogP contribution in [0.3, 0.4) is 0 Å². The zero-order valence-electron chi connectivity index (χ0n) is 22.6. The van der Waals surface area contributed by atoms with Crippen LogP contribution in [0.25, 0.3) is 60.6 Å². The first-order chi connectivity index (χ1) is 20.8. The molecule has 0 fully saturated rings. The first kappa shape index (κ1) is 23.0. The Labute approximate surface area is 241 Å². The van der Waals surface area contributed by atoms with E-state index in [4.69, 9.17) is 8.83 Å². The van der Waals surface area contributed by atoms with Crippen LogP contribution < -0.4 is 4.90 Å². The molecule has 0 saturated heterocycles. The number of hydrogen-bond acceptors (Lipinski definition) is 3. The molecule has 6 aromatic carbocycles. The number of para-hydroxylation sites is 4. The number of nitrogens with zero attached hydrogens (tertiary/aromatic N) is 2. The van der Waals surface area contributed by atoms with Crippen LogP contribution in [0.5, 0.6) is 0 Å². The van der Waals surface area contributed by atoms with Gasteiger partial charge in [-0.25, -0.2) is 0 Å². The van der Waals surface area contributed by atoms with Crippen molar-refractivity contribution in [3.63, 3.8) is 0 Å². The molecule has 3 heterocycles. The smallest absolute Gasteiger partial charge is 0.181 e. The van der Waals surface area contributed by atoms with Gasteiger partial charge in [-0.2, -0.15) is 0 Å².